The summed E-state index contributed by atoms with van der Waals surface area (Å²) in [5.74, 6) is 0. The fourth-order valence-electron chi connectivity index (χ4n) is 0. The van der Waals surface area contributed by atoms with Gasteiger partial charge in [0.1, 0.15) is 0 Å². The van der Waals surface area contributed by atoms with Gasteiger partial charge in [0.15, 0.2) is 0 Å². The molecular weight excluding hydrogens is 151 g/mol. The lowest BCUT2D eigenvalue weighted by Crippen LogP contribution is -1.94. The molecule has 0 aliphatic carbocycles. The summed E-state index contributed by atoms with van der Waals surface area (Å²) in [6, 6.07) is 0. The molecule has 0 saturated carbocycles. The first-order valence-electron chi connectivity index (χ1n) is 1.17. The Labute approximate surface area is 52.7 Å². The molecule has 9 heavy (non-hydrogen) atoms. The summed E-state index contributed by atoms with van der Waals surface area (Å²) in [6.07, 6.45) is 0. The molecule has 0 spiro atoms. The van der Waals surface area contributed by atoms with E-state index in [9.17, 15) is 0 Å². The molecule has 8 heteroatoms. The fraction of sp³-hybridized carbons (Fsp3) is 1.00. The van der Waals surface area contributed by atoms with E-state index in [1.165, 1.54) is 0 Å². The molecule has 0 aromatic heterocycles. The molecule has 0 aliphatic rings. The van der Waals surface area contributed by atoms with Gasteiger partial charge in [0.2, 0.25) is 0 Å². The molecule has 0 amide bonds. The van der Waals surface area contributed by atoms with E-state index < -0.39 is 7.82 Å². The zero-order valence-electron chi connectivity index (χ0n) is 5.57. The van der Waals surface area contributed by atoms with Gasteiger partial charge >= 0.3 is 0 Å². The van der Waals surface area contributed by atoms with Gasteiger partial charge in [-0.05, 0) is 0 Å². The van der Waals surface area contributed by atoms with Gasteiger partial charge in [-0.1, -0.05) is 0 Å². The van der Waals surface area contributed by atoms with Crippen LogP contribution in [0.5, 0.6) is 0 Å². The number of hydrogen-bond acceptors (Lipinski definition) is 3. The van der Waals surface area contributed by atoms with Crippen molar-refractivity contribution in [1.29, 1.82) is 0 Å². The normalized spacial score (nSPS) is 7.22. The van der Waals surface area contributed by atoms with Gasteiger partial charge in [-0.2, -0.15) is 7.11 Å². The van der Waals surface area contributed by atoms with Gasteiger partial charge in [-0.25, -0.2) is 0 Å². The lowest BCUT2D eigenvalue weighted by molar-refractivity contribution is -0.325. The third kappa shape index (κ3) is 2870000. The van der Waals surface area contributed by atoms with Crippen molar-refractivity contribution in [3.63, 3.8) is 0 Å². The average Bonchev–Trinajstić information content (AvgIpc) is 1.36. The fourth-order valence-corrected chi connectivity index (χ4v) is 0. The second-order valence-electron chi connectivity index (χ2n) is 0.491. The summed E-state index contributed by atoms with van der Waals surface area (Å²) in [7, 11) is -4.14. The van der Waals surface area contributed by atoms with Crippen LogP contribution in [-0.2, 0) is 4.57 Å². The highest BCUT2D eigenvalue weighted by molar-refractivity contribution is 7.43. The van der Waals surface area contributed by atoms with E-state index in [-0.39, 0.29) is 12.3 Å². The van der Waals surface area contributed by atoms with Crippen LogP contribution in [0.2, 0.25) is 0 Å². The molecule has 0 atom stereocenters. The van der Waals surface area contributed by atoms with Crippen molar-refractivity contribution in [2.45, 2.75) is 0 Å². The van der Waals surface area contributed by atoms with Crippen LogP contribution in [0, 0.1) is 0 Å². The molecule has 0 aliphatic heterocycles. The van der Waals surface area contributed by atoms with Gasteiger partial charge < -0.3 is 32.1 Å². The second-order valence-corrected chi connectivity index (χ2v) is 1.47. The topological polar surface area (TPSA) is 177 Å². The summed E-state index contributed by atoms with van der Waals surface area (Å²) >= 11 is 0. The largest absolute Gasteiger partial charge is 0.857 e. The minimum absolute atomic E-state index is 0. The maximum absolute atomic E-state index is 8.77. The second kappa shape index (κ2) is 10.9. The molecular formula is CH13N2O5P. The highest BCUT2D eigenvalue weighted by Crippen LogP contribution is 2.18. The van der Waals surface area contributed by atoms with E-state index in [4.69, 9.17) is 24.4 Å². The quantitative estimate of drug-likeness (QED) is 0.307. The Morgan fingerprint density at radius 2 is 1.22 bits per heavy atom. The highest BCUT2D eigenvalue weighted by Gasteiger charge is 1.82. The zero-order chi connectivity index (χ0) is 6.50. The third-order valence-corrected chi connectivity index (χ3v) is 0. The standard InChI is InChI=1S/CH3O.2H3N.H3O4P/c1-2;;;1-5(2,3)4/h1H3;2*1H3;(H3,1,2,3,4)/q-1;;;/p+1. The van der Waals surface area contributed by atoms with Crippen molar-refractivity contribution in [1.82, 2.24) is 12.3 Å². The molecule has 0 radical (unpaired) electrons. The number of hydrogen-bond donors (Lipinski definition) is 4. The van der Waals surface area contributed by atoms with Gasteiger partial charge in [0, 0.05) is 0 Å². The van der Waals surface area contributed by atoms with Crippen LogP contribution < -0.4 is 22.3 Å². The molecule has 7 nitrogen and oxygen atoms in total. The first-order valence-corrected chi connectivity index (χ1v) is 2.70. The van der Waals surface area contributed by atoms with Crippen molar-refractivity contribution in [2.24, 2.45) is 0 Å². The summed E-state index contributed by atoms with van der Waals surface area (Å²) in [5.41, 5.74) is 0. The van der Waals surface area contributed by atoms with Crippen LogP contribution in [0.15, 0.2) is 0 Å². The van der Waals surface area contributed by atoms with Gasteiger partial charge in [0.05, 0.1) is 0 Å². The summed E-state index contributed by atoms with van der Waals surface area (Å²) in [5, 5.41) is 8.25. The molecule has 0 saturated heterocycles. The SMILES string of the molecule is C[O-].O=P([O-])(O)O.[NH4+].[NH4+]. The summed E-state index contributed by atoms with van der Waals surface area (Å²) in [4.78, 5) is 22.9. The van der Waals surface area contributed by atoms with E-state index >= 15 is 0 Å². The Hall–Kier alpha value is -0.0100. The minimum Gasteiger partial charge on any atom is -0.857 e. The predicted molar refractivity (Wildman–Crippen MR) is 29.9 cm³/mol. The van der Waals surface area contributed by atoms with Crippen molar-refractivity contribution < 1.29 is 24.4 Å². The lowest BCUT2D eigenvalue weighted by atomic mass is 11.8. The lowest BCUT2D eigenvalue weighted by Gasteiger charge is -2.01. The van der Waals surface area contributed by atoms with Crippen molar-refractivity contribution in [3.8, 4) is 0 Å². The summed E-state index contributed by atoms with van der Waals surface area (Å²) in [6.45, 7) is 0. The van der Waals surface area contributed by atoms with Crippen molar-refractivity contribution in [3.05, 3.63) is 0 Å². The van der Waals surface area contributed by atoms with E-state index in [2.05, 4.69) is 0 Å². The Bertz CT molecular complexity index is 61.1. The molecule has 0 bridgehead atoms. The number of quaternary nitrogens is 2. The average molecular weight is 164 g/mol. The van der Waals surface area contributed by atoms with Crippen molar-refractivity contribution >= 4 is 7.82 Å². The first-order chi connectivity index (χ1) is 3.00. The molecule has 0 aromatic rings. The monoisotopic (exact) mass is 164 g/mol. The first kappa shape index (κ1) is 23.0. The van der Waals surface area contributed by atoms with Gasteiger partial charge in [0.25, 0.3) is 7.82 Å². The maximum Gasteiger partial charge on any atom is 0.262 e. The third-order valence-electron chi connectivity index (χ3n) is 0. The van der Waals surface area contributed by atoms with Crippen LogP contribution in [0.4, 0.5) is 0 Å². The Kier molecular flexibility index (Phi) is 27.9. The number of phosphoric acid groups is 1. The predicted octanol–water partition coefficient (Wildman–Crippen LogP) is -1.83. The van der Waals surface area contributed by atoms with E-state index in [1.54, 1.807) is 0 Å². The highest BCUT2D eigenvalue weighted by atomic mass is 31.2. The molecule has 0 unspecified atom stereocenters. The van der Waals surface area contributed by atoms with Crippen LogP contribution in [0.25, 0.3) is 0 Å². The molecule has 0 fully saturated rings. The molecule has 62 valence electrons. The summed E-state index contributed by atoms with van der Waals surface area (Å²) < 4.78 is 8.77. The van der Waals surface area contributed by atoms with Crippen molar-refractivity contribution in [2.75, 3.05) is 7.11 Å². The molecule has 0 aromatic carbocycles. The Balaban J connectivity index is -0.0000000286. The Morgan fingerprint density at radius 3 is 1.22 bits per heavy atom. The van der Waals surface area contributed by atoms with Gasteiger partial charge in [-0.3, -0.25) is 4.57 Å². The maximum atomic E-state index is 8.77. The van der Waals surface area contributed by atoms with Crippen LogP contribution in [0.1, 0.15) is 0 Å². The van der Waals surface area contributed by atoms with E-state index in [1.807, 2.05) is 0 Å². The minimum atomic E-state index is -4.89. The zero-order valence-corrected chi connectivity index (χ0v) is 6.46. The molecule has 10 N–H and O–H groups in total. The van der Waals surface area contributed by atoms with E-state index in [0.29, 0.717) is 0 Å². The smallest absolute Gasteiger partial charge is 0.262 e. The van der Waals surface area contributed by atoms with Crippen LogP contribution in [0.3, 0.4) is 0 Å². The number of rotatable bonds is 0. The van der Waals surface area contributed by atoms with Crippen LogP contribution in [-0.4, -0.2) is 16.9 Å². The molecule has 0 rings (SSSR count). The van der Waals surface area contributed by atoms with Gasteiger partial charge in [-0.15, -0.1) is 0 Å². The molecule has 0 heterocycles. The van der Waals surface area contributed by atoms with Crippen LogP contribution >= 0.6 is 7.82 Å². The Morgan fingerprint density at radius 1 is 1.22 bits per heavy atom. The van der Waals surface area contributed by atoms with E-state index in [0.717, 1.165) is 7.11 Å².